The molecule has 5 nitrogen and oxygen atoms in total. The Morgan fingerprint density at radius 3 is 1.37 bits per heavy atom. The van der Waals surface area contributed by atoms with Gasteiger partial charge in [0.1, 0.15) is 0 Å². The Balaban J connectivity index is 4.06. The van der Waals surface area contributed by atoms with E-state index < -0.39 is 10.8 Å². The van der Waals surface area contributed by atoms with E-state index in [0.29, 0.717) is 19.3 Å². The molecule has 0 fully saturated rings. The minimum atomic E-state index is -0.396. The minimum Gasteiger partial charge on any atom is -0.466 e. The smallest absolute Gasteiger partial charge is 0.311 e. The van der Waals surface area contributed by atoms with Gasteiger partial charge in [0.2, 0.25) is 0 Å². The minimum absolute atomic E-state index is 0.0941. The fourth-order valence-electron chi connectivity index (χ4n) is 3.64. The lowest BCUT2D eigenvalue weighted by Gasteiger charge is -2.23. The van der Waals surface area contributed by atoms with Crippen molar-refractivity contribution in [2.45, 2.75) is 119 Å². The average molecular weight is 429 g/mol. The number of unbranched alkanes of at least 4 members (excludes halogenated alkanes) is 4. The Morgan fingerprint density at radius 2 is 1.03 bits per heavy atom. The number of carbonyl (C=O) groups excluding carboxylic acids is 2. The highest BCUT2D eigenvalue weighted by atomic mass is 16.5. The molecule has 178 valence electrons. The van der Waals surface area contributed by atoms with Crippen LogP contribution in [0.4, 0.5) is 0 Å². The summed E-state index contributed by atoms with van der Waals surface area (Å²) in [4.78, 5) is 23.9. The van der Waals surface area contributed by atoms with Crippen molar-refractivity contribution in [2.75, 3.05) is 19.8 Å². The van der Waals surface area contributed by atoms with Crippen molar-refractivity contribution >= 4 is 11.9 Å². The molecule has 0 radical (unpaired) electrons. The molecule has 0 saturated carbocycles. The Hall–Kier alpha value is -1.10. The maximum absolute atomic E-state index is 12.0. The van der Waals surface area contributed by atoms with Gasteiger partial charge >= 0.3 is 11.9 Å². The molecule has 0 aromatic rings. The number of hydrogen-bond donors (Lipinski definition) is 0. The molecule has 0 unspecified atom stereocenters. The van der Waals surface area contributed by atoms with E-state index in [4.69, 9.17) is 14.2 Å². The number of carbonyl (C=O) groups is 2. The summed E-state index contributed by atoms with van der Waals surface area (Å²) >= 11 is 0. The van der Waals surface area contributed by atoms with Crippen molar-refractivity contribution in [3.8, 4) is 0 Å². The highest BCUT2D eigenvalue weighted by molar-refractivity contribution is 5.76. The predicted molar refractivity (Wildman–Crippen MR) is 122 cm³/mol. The molecule has 0 aliphatic heterocycles. The third-order valence-electron chi connectivity index (χ3n) is 5.71. The quantitative estimate of drug-likeness (QED) is 0.185. The largest absolute Gasteiger partial charge is 0.466 e. The lowest BCUT2D eigenvalue weighted by molar-refractivity contribution is -0.154. The second kappa shape index (κ2) is 15.7. The summed E-state index contributed by atoms with van der Waals surface area (Å²) in [7, 11) is 0. The molecule has 5 heteroatoms. The van der Waals surface area contributed by atoms with Gasteiger partial charge in [0.25, 0.3) is 0 Å². The van der Waals surface area contributed by atoms with E-state index in [1.807, 2.05) is 41.5 Å². The molecule has 30 heavy (non-hydrogen) atoms. The molecule has 0 amide bonds. The molecule has 0 saturated heterocycles. The second-order valence-corrected chi connectivity index (χ2v) is 9.48. The molecule has 0 aromatic heterocycles. The zero-order valence-corrected chi connectivity index (χ0v) is 20.8. The molecule has 0 rings (SSSR count). The van der Waals surface area contributed by atoms with Gasteiger partial charge in [0, 0.05) is 6.61 Å². The molecular weight excluding hydrogens is 380 g/mol. The summed E-state index contributed by atoms with van der Waals surface area (Å²) in [6, 6.07) is 0. The summed E-state index contributed by atoms with van der Waals surface area (Å²) in [5.74, 6) is -0.188. The molecular formula is C25H48O5. The molecule has 0 heterocycles. The Bertz CT molecular complexity index is 430. The van der Waals surface area contributed by atoms with Crippen molar-refractivity contribution in [3.63, 3.8) is 0 Å². The number of esters is 2. The lowest BCUT2D eigenvalue weighted by Crippen LogP contribution is -2.26. The van der Waals surface area contributed by atoms with Gasteiger partial charge in [-0.05, 0) is 74.1 Å². The average Bonchev–Trinajstić information content (AvgIpc) is 2.67. The van der Waals surface area contributed by atoms with Crippen molar-refractivity contribution in [1.29, 1.82) is 0 Å². The summed E-state index contributed by atoms with van der Waals surface area (Å²) in [6.45, 7) is 15.3. The fraction of sp³-hybridized carbons (Fsp3) is 0.920. The van der Waals surface area contributed by atoms with Crippen molar-refractivity contribution in [2.24, 2.45) is 10.8 Å². The van der Waals surface area contributed by atoms with Crippen LogP contribution < -0.4 is 0 Å². The summed E-state index contributed by atoms with van der Waals surface area (Å²) in [5.41, 5.74) is -0.792. The highest BCUT2D eigenvalue weighted by Crippen LogP contribution is 2.27. The third-order valence-corrected chi connectivity index (χ3v) is 5.71. The van der Waals surface area contributed by atoms with E-state index in [9.17, 15) is 9.59 Å². The van der Waals surface area contributed by atoms with Crippen molar-refractivity contribution in [1.82, 2.24) is 0 Å². The fourth-order valence-corrected chi connectivity index (χ4v) is 3.64. The van der Waals surface area contributed by atoms with E-state index in [-0.39, 0.29) is 11.9 Å². The third kappa shape index (κ3) is 12.6. The van der Waals surface area contributed by atoms with Crippen LogP contribution in [-0.4, -0.2) is 37.9 Å². The molecule has 0 aliphatic carbocycles. The van der Waals surface area contributed by atoms with Crippen LogP contribution in [0.3, 0.4) is 0 Å². The maximum Gasteiger partial charge on any atom is 0.311 e. The second-order valence-electron chi connectivity index (χ2n) is 9.48. The van der Waals surface area contributed by atoms with Gasteiger partial charge in [-0.3, -0.25) is 9.59 Å². The first-order valence-corrected chi connectivity index (χ1v) is 12.1. The molecule has 0 spiro atoms. The van der Waals surface area contributed by atoms with E-state index in [0.717, 1.165) is 70.8 Å². The summed E-state index contributed by atoms with van der Waals surface area (Å²) in [6.07, 6.45) is 10.7. The SMILES string of the molecule is CCOC(=O)C(C)(C)CCCCCC(CCCCCC(C)(C)C(=O)OCC)OCC. The number of ether oxygens (including phenoxy) is 3. The Labute approximate surface area is 185 Å². The Kier molecular flexibility index (Phi) is 15.1. The molecule has 0 bridgehead atoms. The number of hydrogen-bond acceptors (Lipinski definition) is 5. The molecule has 0 aromatic carbocycles. The van der Waals surface area contributed by atoms with Crippen LogP contribution in [0.25, 0.3) is 0 Å². The van der Waals surface area contributed by atoms with Crippen LogP contribution in [0.2, 0.25) is 0 Å². The van der Waals surface area contributed by atoms with E-state index >= 15 is 0 Å². The van der Waals surface area contributed by atoms with Gasteiger partial charge in [-0.1, -0.05) is 38.5 Å². The highest BCUT2D eigenvalue weighted by Gasteiger charge is 2.29. The van der Waals surface area contributed by atoms with E-state index in [1.54, 1.807) is 0 Å². The van der Waals surface area contributed by atoms with Crippen LogP contribution in [0.5, 0.6) is 0 Å². The van der Waals surface area contributed by atoms with Gasteiger partial charge in [-0.25, -0.2) is 0 Å². The number of rotatable bonds is 18. The van der Waals surface area contributed by atoms with E-state index in [1.165, 1.54) is 0 Å². The van der Waals surface area contributed by atoms with Gasteiger partial charge < -0.3 is 14.2 Å². The standard InChI is InChI=1S/C25H48O5/c1-8-28-21(17-13-11-15-19-24(4,5)22(26)29-9-2)18-14-12-16-20-25(6,7)23(27)30-10-3/h21H,8-20H2,1-7H3. The molecule has 0 aliphatic rings. The van der Waals surface area contributed by atoms with Gasteiger partial charge in [0.15, 0.2) is 0 Å². The van der Waals surface area contributed by atoms with Crippen LogP contribution in [-0.2, 0) is 23.8 Å². The first-order valence-electron chi connectivity index (χ1n) is 12.1. The van der Waals surface area contributed by atoms with Crippen molar-refractivity contribution in [3.05, 3.63) is 0 Å². The van der Waals surface area contributed by atoms with Gasteiger partial charge in [-0.2, -0.15) is 0 Å². The monoisotopic (exact) mass is 428 g/mol. The predicted octanol–water partition coefficient (Wildman–Crippen LogP) is 6.47. The summed E-state index contributed by atoms with van der Waals surface area (Å²) in [5, 5.41) is 0. The van der Waals surface area contributed by atoms with Crippen LogP contribution >= 0.6 is 0 Å². The van der Waals surface area contributed by atoms with Gasteiger partial charge in [0.05, 0.1) is 30.1 Å². The van der Waals surface area contributed by atoms with Crippen LogP contribution in [0.15, 0.2) is 0 Å². The van der Waals surface area contributed by atoms with Gasteiger partial charge in [-0.15, -0.1) is 0 Å². The summed E-state index contributed by atoms with van der Waals surface area (Å²) < 4.78 is 16.2. The zero-order valence-electron chi connectivity index (χ0n) is 20.8. The zero-order chi connectivity index (χ0) is 23.0. The Morgan fingerprint density at radius 1 is 0.633 bits per heavy atom. The topological polar surface area (TPSA) is 61.8 Å². The van der Waals surface area contributed by atoms with E-state index in [2.05, 4.69) is 6.92 Å². The molecule has 0 N–H and O–H groups in total. The lowest BCUT2D eigenvalue weighted by atomic mass is 9.86. The van der Waals surface area contributed by atoms with Crippen LogP contribution in [0, 0.1) is 10.8 Å². The first kappa shape index (κ1) is 28.9. The normalized spacial score (nSPS) is 12.3. The first-order chi connectivity index (χ1) is 14.1. The molecule has 0 atom stereocenters. The van der Waals surface area contributed by atoms with Crippen molar-refractivity contribution < 1.29 is 23.8 Å². The maximum atomic E-state index is 12.0. The van der Waals surface area contributed by atoms with Crippen LogP contribution in [0.1, 0.15) is 113 Å².